The van der Waals surface area contributed by atoms with Crippen LogP contribution in [0, 0.1) is 11.8 Å². The second-order valence-corrected chi connectivity index (χ2v) is 13.3. The molecule has 4 aliphatic rings. The van der Waals surface area contributed by atoms with Gasteiger partial charge in [0.05, 0.1) is 42.4 Å². The van der Waals surface area contributed by atoms with Gasteiger partial charge >= 0.3 is 0 Å². The van der Waals surface area contributed by atoms with Crippen LogP contribution in [0.4, 0.5) is 0 Å². The SMILES string of the molecule is CC[C@@H](CO)N1C(=O)[C@@H]2[C@@H](C(=O)NCc3ccccc3)[C@@H]3SC2(CC3Br)C1C(=O)NCCN1CCOCC1. The molecule has 5 rings (SSSR count). The molecule has 1 spiro atoms. The summed E-state index contributed by atoms with van der Waals surface area (Å²) in [6.07, 6.45) is 1.15. The number of ether oxygens (including phenoxy) is 1. The summed E-state index contributed by atoms with van der Waals surface area (Å²) in [4.78, 5) is 45.4. The Hall–Kier alpha value is -1.66. The molecule has 4 heterocycles. The maximum Gasteiger partial charge on any atom is 0.244 e. The molecular weight excluding hydrogens is 572 g/mol. The van der Waals surface area contributed by atoms with E-state index in [1.807, 2.05) is 37.3 Å². The van der Waals surface area contributed by atoms with E-state index in [0.29, 0.717) is 45.7 Å². The molecule has 38 heavy (non-hydrogen) atoms. The number of nitrogens with zero attached hydrogens (tertiary/aromatic N) is 2. The third kappa shape index (κ3) is 5.00. The van der Waals surface area contributed by atoms with Gasteiger partial charge in [0.25, 0.3) is 0 Å². The van der Waals surface area contributed by atoms with E-state index in [1.165, 1.54) is 0 Å². The van der Waals surface area contributed by atoms with Gasteiger partial charge in [0.15, 0.2) is 0 Å². The minimum absolute atomic E-state index is 0.0156. The highest BCUT2D eigenvalue weighted by Crippen LogP contribution is 2.68. The first-order valence-corrected chi connectivity index (χ1v) is 15.3. The monoisotopic (exact) mass is 608 g/mol. The lowest BCUT2D eigenvalue weighted by atomic mass is 9.70. The standard InChI is InChI=1S/C27H37BrN4O5S/c1-2-18(16-33)32-23(25(35)29-8-9-31-10-12-37-13-11-31)27-14-19(28)22(38-27)20(21(27)26(32)36)24(34)30-15-17-6-4-3-5-7-17/h3-7,18-23,33H,2,8-16H2,1H3,(H,29,35)(H,30,34)/t18-,19?,20+,21-,22+,23?,27?/m0/s1. The first-order chi connectivity index (χ1) is 18.4. The van der Waals surface area contributed by atoms with Gasteiger partial charge in [-0.05, 0) is 18.4 Å². The van der Waals surface area contributed by atoms with Crippen LogP contribution in [-0.2, 0) is 25.7 Å². The quantitative estimate of drug-likeness (QED) is 0.340. The van der Waals surface area contributed by atoms with Crippen molar-refractivity contribution in [3.63, 3.8) is 0 Å². The van der Waals surface area contributed by atoms with E-state index >= 15 is 0 Å². The van der Waals surface area contributed by atoms with Gasteiger partial charge in [-0.25, -0.2) is 0 Å². The zero-order valence-electron chi connectivity index (χ0n) is 21.7. The fourth-order valence-electron chi connectivity index (χ4n) is 6.64. The fourth-order valence-corrected chi connectivity index (χ4v) is 10.2. The number of amides is 3. The molecule has 1 aromatic rings. The van der Waals surface area contributed by atoms with Crippen LogP contribution in [0.25, 0.3) is 0 Å². The molecule has 2 bridgehead atoms. The van der Waals surface area contributed by atoms with E-state index < -0.39 is 28.7 Å². The third-order valence-electron chi connectivity index (χ3n) is 8.49. The second-order valence-electron chi connectivity index (χ2n) is 10.6. The van der Waals surface area contributed by atoms with Gasteiger partial charge in [-0.15, -0.1) is 11.8 Å². The molecule has 11 heteroatoms. The average Bonchev–Trinajstić information content (AvgIpc) is 3.53. The maximum absolute atomic E-state index is 14.1. The van der Waals surface area contributed by atoms with Crippen LogP contribution >= 0.6 is 27.7 Å². The molecule has 0 aromatic heterocycles. The van der Waals surface area contributed by atoms with Crippen molar-refractivity contribution in [3.8, 4) is 0 Å². The maximum atomic E-state index is 14.1. The van der Waals surface area contributed by atoms with Crippen LogP contribution in [-0.4, -0.2) is 106 Å². The predicted octanol–water partition coefficient (Wildman–Crippen LogP) is 0.987. The summed E-state index contributed by atoms with van der Waals surface area (Å²) >= 11 is 5.41. The molecule has 0 radical (unpaired) electrons. The van der Waals surface area contributed by atoms with E-state index in [-0.39, 0.29) is 34.4 Å². The van der Waals surface area contributed by atoms with Crippen LogP contribution < -0.4 is 10.6 Å². The summed E-state index contributed by atoms with van der Waals surface area (Å²) < 4.78 is 4.70. The van der Waals surface area contributed by atoms with Crippen molar-refractivity contribution in [2.45, 2.75) is 53.2 Å². The number of hydrogen-bond acceptors (Lipinski definition) is 7. The summed E-state index contributed by atoms with van der Waals surface area (Å²) in [6.45, 7) is 6.31. The molecule has 208 valence electrons. The van der Waals surface area contributed by atoms with Gasteiger partial charge in [0.2, 0.25) is 17.7 Å². The molecule has 3 N–H and O–H groups in total. The highest BCUT2D eigenvalue weighted by atomic mass is 79.9. The first-order valence-electron chi connectivity index (χ1n) is 13.6. The topological polar surface area (TPSA) is 111 Å². The lowest BCUT2D eigenvalue weighted by molar-refractivity contribution is -0.142. The number of halogens is 1. The Balaban J connectivity index is 1.37. The number of fused-ring (bicyclic) bond motifs is 1. The van der Waals surface area contributed by atoms with Crippen LogP contribution in [0.15, 0.2) is 30.3 Å². The predicted molar refractivity (Wildman–Crippen MR) is 149 cm³/mol. The number of likely N-dealkylation sites (tertiary alicyclic amines) is 1. The van der Waals surface area contributed by atoms with E-state index in [1.54, 1.807) is 16.7 Å². The average molecular weight is 610 g/mol. The second kappa shape index (κ2) is 11.8. The Bertz CT molecular complexity index is 1020. The lowest BCUT2D eigenvalue weighted by Gasteiger charge is -2.37. The van der Waals surface area contributed by atoms with Crippen molar-refractivity contribution in [1.82, 2.24) is 20.4 Å². The molecule has 9 nitrogen and oxygen atoms in total. The van der Waals surface area contributed by atoms with Crippen molar-refractivity contribution in [2.75, 3.05) is 46.0 Å². The third-order valence-corrected chi connectivity index (χ3v) is 11.7. The molecular formula is C27H37BrN4O5S. The normalized spacial score (nSPS) is 33.3. The summed E-state index contributed by atoms with van der Waals surface area (Å²) in [7, 11) is 0. The van der Waals surface area contributed by atoms with Crippen molar-refractivity contribution in [2.24, 2.45) is 11.8 Å². The molecule has 4 fully saturated rings. The summed E-state index contributed by atoms with van der Waals surface area (Å²) in [5.41, 5.74) is 0.991. The number of nitrogens with one attached hydrogen (secondary N) is 2. The van der Waals surface area contributed by atoms with E-state index in [4.69, 9.17) is 4.74 Å². The molecule has 7 atom stereocenters. The smallest absolute Gasteiger partial charge is 0.244 e. The van der Waals surface area contributed by atoms with E-state index in [9.17, 15) is 19.5 Å². The summed E-state index contributed by atoms with van der Waals surface area (Å²) in [5.74, 6) is -1.68. The number of aliphatic hydroxyl groups is 1. The number of thioether (sulfide) groups is 1. The van der Waals surface area contributed by atoms with E-state index in [0.717, 1.165) is 18.7 Å². The molecule has 4 aliphatic heterocycles. The van der Waals surface area contributed by atoms with E-state index in [2.05, 4.69) is 31.5 Å². The summed E-state index contributed by atoms with van der Waals surface area (Å²) in [6, 6.07) is 8.50. The van der Waals surface area contributed by atoms with Crippen molar-refractivity contribution in [3.05, 3.63) is 35.9 Å². The Morgan fingerprint density at radius 2 is 1.95 bits per heavy atom. The zero-order chi connectivity index (χ0) is 26.9. The number of carbonyl (C=O) groups is 3. The molecule has 3 unspecified atom stereocenters. The summed E-state index contributed by atoms with van der Waals surface area (Å²) in [5, 5.41) is 16.2. The van der Waals surface area contributed by atoms with Crippen LogP contribution in [0.2, 0.25) is 0 Å². The lowest BCUT2D eigenvalue weighted by Crippen LogP contribution is -2.57. The Morgan fingerprint density at radius 3 is 2.63 bits per heavy atom. The van der Waals surface area contributed by atoms with Crippen LogP contribution in [0.5, 0.6) is 0 Å². The molecule has 3 amide bonds. The molecule has 1 aromatic carbocycles. The number of rotatable bonds is 10. The number of alkyl halides is 1. The largest absolute Gasteiger partial charge is 0.394 e. The Morgan fingerprint density at radius 1 is 1.21 bits per heavy atom. The van der Waals surface area contributed by atoms with Gasteiger partial charge in [-0.3, -0.25) is 19.3 Å². The number of benzene rings is 1. The first kappa shape index (κ1) is 27.9. The van der Waals surface area contributed by atoms with Crippen molar-refractivity contribution < 1.29 is 24.2 Å². The Labute approximate surface area is 236 Å². The van der Waals surface area contributed by atoms with Crippen molar-refractivity contribution >= 4 is 45.4 Å². The highest BCUT2D eigenvalue weighted by molar-refractivity contribution is 9.09. The number of morpholine rings is 1. The van der Waals surface area contributed by atoms with Crippen LogP contribution in [0.3, 0.4) is 0 Å². The fraction of sp³-hybridized carbons (Fsp3) is 0.667. The Kier molecular flexibility index (Phi) is 8.69. The number of hydrogen-bond donors (Lipinski definition) is 3. The minimum Gasteiger partial charge on any atom is -0.394 e. The van der Waals surface area contributed by atoms with Gasteiger partial charge < -0.3 is 25.4 Å². The van der Waals surface area contributed by atoms with Crippen molar-refractivity contribution in [1.29, 1.82) is 0 Å². The molecule has 0 aliphatic carbocycles. The number of aliphatic hydroxyl groups excluding tert-OH is 1. The van der Waals surface area contributed by atoms with Gasteiger partial charge in [0.1, 0.15) is 6.04 Å². The minimum atomic E-state index is -0.733. The van der Waals surface area contributed by atoms with Gasteiger partial charge in [-0.1, -0.05) is 53.2 Å². The zero-order valence-corrected chi connectivity index (χ0v) is 24.1. The molecule has 0 saturated carbocycles. The van der Waals surface area contributed by atoms with Gasteiger partial charge in [-0.2, -0.15) is 0 Å². The van der Waals surface area contributed by atoms with Gasteiger partial charge in [0, 0.05) is 42.8 Å². The number of carbonyl (C=O) groups excluding carboxylic acids is 3. The molecule has 4 saturated heterocycles. The highest BCUT2D eigenvalue weighted by Gasteiger charge is 2.76. The van der Waals surface area contributed by atoms with Crippen LogP contribution in [0.1, 0.15) is 25.3 Å².